The van der Waals surface area contributed by atoms with Crippen LogP contribution in [-0.2, 0) is 15.8 Å². The molecule has 0 aromatic heterocycles. The highest BCUT2D eigenvalue weighted by Crippen LogP contribution is 2.31. The molecule has 0 radical (unpaired) electrons. The number of benzene rings is 2. The van der Waals surface area contributed by atoms with Crippen molar-refractivity contribution in [2.75, 3.05) is 42.6 Å². The number of carbonyl (C=O) groups excluding carboxylic acids is 2. The summed E-state index contributed by atoms with van der Waals surface area (Å²) in [7, 11) is 0. The molecule has 6 nitrogen and oxygen atoms in total. The van der Waals surface area contributed by atoms with Crippen LogP contribution in [0.5, 0.6) is 5.75 Å². The molecule has 2 aromatic carbocycles. The van der Waals surface area contributed by atoms with E-state index in [1.165, 1.54) is 11.0 Å². The predicted octanol–water partition coefficient (Wildman–Crippen LogP) is 2.14. The number of alkyl halides is 3. The third-order valence-corrected chi connectivity index (χ3v) is 5.99. The van der Waals surface area contributed by atoms with Gasteiger partial charge in [-0.1, -0.05) is 6.07 Å². The maximum absolute atomic E-state index is 13.0. The van der Waals surface area contributed by atoms with Crippen LogP contribution in [0, 0.1) is 0 Å². The van der Waals surface area contributed by atoms with Gasteiger partial charge in [-0.05, 0) is 49.4 Å². The number of carbonyl (C=O) groups is 2. The van der Waals surface area contributed by atoms with Crippen LogP contribution in [0.15, 0.2) is 48.5 Å². The first-order chi connectivity index (χ1) is 15.3. The molecule has 1 N–H and O–H groups in total. The Kier molecular flexibility index (Phi) is 6.10. The Morgan fingerprint density at radius 1 is 1.03 bits per heavy atom. The average Bonchev–Trinajstić information content (AvgIpc) is 3.08. The molecule has 32 heavy (non-hydrogen) atoms. The highest BCUT2D eigenvalue weighted by Gasteiger charge is 2.46. The van der Waals surface area contributed by atoms with Crippen LogP contribution in [0.25, 0.3) is 0 Å². The fourth-order valence-electron chi connectivity index (χ4n) is 4.36. The third-order valence-electron chi connectivity index (χ3n) is 5.99. The summed E-state index contributed by atoms with van der Waals surface area (Å²) in [6.45, 7) is 4.56. The quantitative estimate of drug-likeness (QED) is 0.713. The van der Waals surface area contributed by atoms with Gasteiger partial charge in [0.15, 0.2) is 6.04 Å². The number of piperazine rings is 1. The molecule has 4 rings (SSSR count). The zero-order valence-corrected chi connectivity index (χ0v) is 17.7. The van der Waals surface area contributed by atoms with Crippen molar-refractivity contribution in [2.24, 2.45) is 0 Å². The minimum atomic E-state index is -4.38. The third kappa shape index (κ3) is 4.43. The SMILES string of the molecule is CCOc1ccc(N2C(=O)C[C@H]([NH+]3CCN(c4cccc(C(F)(F)F)c4)CC3)C2=O)cc1. The van der Waals surface area contributed by atoms with Crippen LogP contribution in [0.2, 0.25) is 0 Å². The Hall–Kier alpha value is -3.07. The fraction of sp³-hybridized carbons (Fsp3) is 0.391. The highest BCUT2D eigenvalue weighted by molar-refractivity contribution is 6.21. The molecule has 1 atom stereocenters. The van der Waals surface area contributed by atoms with Crippen molar-refractivity contribution in [3.63, 3.8) is 0 Å². The van der Waals surface area contributed by atoms with Gasteiger partial charge < -0.3 is 14.5 Å². The molecular formula is C23H25F3N3O3+. The first-order valence-electron chi connectivity index (χ1n) is 10.6. The second kappa shape index (κ2) is 8.82. The number of halogens is 3. The summed E-state index contributed by atoms with van der Waals surface area (Å²) in [6.07, 6.45) is -4.25. The number of rotatable bonds is 5. The maximum Gasteiger partial charge on any atom is 0.416 e. The Balaban J connectivity index is 1.41. The fourth-order valence-corrected chi connectivity index (χ4v) is 4.36. The van der Waals surface area contributed by atoms with Gasteiger partial charge in [-0.3, -0.25) is 9.59 Å². The second-order valence-corrected chi connectivity index (χ2v) is 7.94. The molecule has 0 bridgehead atoms. The van der Waals surface area contributed by atoms with Crippen molar-refractivity contribution in [1.82, 2.24) is 0 Å². The highest BCUT2D eigenvalue weighted by atomic mass is 19.4. The number of imide groups is 1. The van der Waals surface area contributed by atoms with Gasteiger partial charge in [0.25, 0.3) is 5.91 Å². The molecule has 170 valence electrons. The van der Waals surface area contributed by atoms with Crippen LogP contribution in [-0.4, -0.2) is 50.6 Å². The van der Waals surface area contributed by atoms with E-state index in [1.54, 1.807) is 30.3 Å². The molecule has 2 amide bonds. The lowest BCUT2D eigenvalue weighted by Gasteiger charge is -2.35. The largest absolute Gasteiger partial charge is 0.494 e. The number of hydrogen-bond donors (Lipinski definition) is 1. The minimum Gasteiger partial charge on any atom is -0.494 e. The van der Waals surface area contributed by atoms with Gasteiger partial charge in [0.05, 0.1) is 50.5 Å². The van der Waals surface area contributed by atoms with Crippen molar-refractivity contribution in [3.8, 4) is 5.75 Å². The lowest BCUT2D eigenvalue weighted by Crippen LogP contribution is -3.19. The summed E-state index contributed by atoms with van der Waals surface area (Å²) in [5.41, 5.74) is 0.365. The average molecular weight is 448 g/mol. The Bertz CT molecular complexity index is 986. The molecule has 2 aromatic rings. The first-order valence-corrected chi connectivity index (χ1v) is 10.6. The molecule has 2 aliphatic heterocycles. The number of hydrogen-bond acceptors (Lipinski definition) is 4. The van der Waals surface area contributed by atoms with Crippen LogP contribution >= 0.6 is 0 Å². The van der Waals surface area contributed by atoms with E-state index >= 15 is 0 Å². The molecule has 0 aliphatic carbocycles. The summed E-state index contributed by atoms with van der Waals surface area (Å²) in [5.74, 6) is 0.196. The normalized spacial score (nSPS) is 20.2. The lowest BCUT2D eigenvalue weighted by atomic mass is 10.1. The van der Waals surface area contributed by atoms with Crippen LogP contribution in [0.3, 0.4) is 0 Å². The number of nitrogens with one attached hydrogen (secondary N) is 1. The molecule has 2 heterocycles. The van der Waals surface area contributed by atoms with Gasteiger partial charge in [-0.15, -0.1) is 0 Å². The van der Waals surface area contributed by atoms with E-state index in [4.69, 9.17) is 4.74 Å². The van der Waals surface area contributed by atoms with E-state index in [9.17, 15) is 22.8 Å². The molecule has 0 saturated carbocycles. The monoisotopic (exact) mass is 448 g/mol. The lowest BCUT2D eigenvalue weighted by molar-refractivity contribution is -0.915. The van der Waals surface area contributed by atoms with Crippen LogP contribution in [0.4, 0.5) is 24.5 Å². The Labute approximate surface area is 184 Å². The summed E-state index contributed by atoms with van der Waals surface area (Å²) < 4.78 is 44.5. The van der Waals surface area contributed by atoms with E-state index in [-0.39, 0.29) is 18.2 Å². The standard InChI is InChI=1S/C23H24F3N3O3/c1-2-32-19-8-6-17(7-9-19)29-21(30)15-20(22(29)31)28-12-10-27(11-13-28)18-5-3-4-16(14-18)23(24,25)26/h3-9,14,20H,2,10-13,15H2,1H3/p+1/t20-/m0/s1. The smallest absolute Gasteiger partial charge is 0.416 e. The molecule has 2 saturated heterocycles. The molecule has 0 unspecified atom stereocenters. The van der Waals surface area contributed by atoms with Crippen molar-refractivity contribution in [2.45, 2.75) is 25.6 Å². The van der Waals surface area contributed by atoms with E-state index in [0.717, 1.165) is 17.0 Å². The number of amides is 2. The number of quaternary nitrogens is 1. The maximum atomic E-state index is 13.0. The molecule has 2 fully saturated rings. The number of ether oxygens (including phenoxy) is 1. The van der Waals surface area contributed by atoms with Crippen molar-refractivity contribution < 1.29 is 32.4 Å². The second-order valence-electron chi connectivity index (χ2n) is 7.94. The molecule has 9 heteroatoms. The summed E-state index contributed by atoms with van der Waals surface area (Å²) >= 11 is 0. The van der Waals surface area contributed by atoms with Crippen molar-refractivity contribution in [1.29, 1.82) is 0 Å². The van der Waals surface area contributed by atoms with Gasteiger partial charge in [0.1, 0.15) is 5.75 Å². The van der Waals surface area contributed by atoms with Gasteiger partial charge in [0.2, 0.25) is 5.91 Å². The van der Waals surface area contributed by atoms with Crippen LogP contribution in [0.1, 0.15) is 18.9 Å². The van der Waals surface area contributed by atoms with Gasteiger partial charge in [-0.2, -0.15) is 13.2 Å². The van der Waals surface area contributed by atoms with Gasteiger partial charge in [0, 0.05) is 5.69 Å². The molecule has 0 spiro atoms. The zero-order valence-electron chi connectivity index (χ0n) is 17.7. The van der Waals surface area contributed by atoms with E-state index in [2.05, 4.69) is 0 Å². The van der Waals surface area contributed by atoms with E-state index in [1.807, 2.05) is 11.8 Å². The van der Waals surface area contributed by atoms with Crippen LogP contribution < -0.4 is 19.4 Å². The van der Waals surface area contributed by atoms with Crippen molar-refractivity contribution >= 4 is 23.2 Å². The predicted molar refractivity (Wildman–Crippen MR) is 113 cm³/mol. The summed E-state index contributed by atoms with van der Waals surface area (Å²) in [6, 6.07) is 11.7. The number of anilines is 2. The van der Waals surface area contributed by atoms with E-state index in [0.29, 0.717) is 49.9 Å². The Morgan fingerprint density at radius 2 is 1.72 bits per heavy atom. The summed E-state index contributed by atoms with van der Waals surface area (Å²) in [5, 5.41) is 0. The van der Waals surface area contributed by atoms with Gasteiger partial charge >= 0.3 is 6.18 Å². The zero-order chi connectivity index (χ0) is 22.9. The first kappa shape index (κ1) is 22.1. The molecular weight excluding hydrogens is 423 g/mol. The Morgan fingerprint density at radius 3 is 2.34 bits per heavy atom. The van der Waals surface area contributed by atoms with E-state index < -0.39 is 17.8 Å². The topological polar surface area (TPSA) is 54.3 Å². The summed E-state index contributed by atoms with van der Waals surface area (Å²) in [4.78, 5) is 29.8. The molecule has 2 aliphatic rings. The number of nitrogens with zero attached hydrogens (tertiary/aromatic N) is 2. The van der Waals surface area contributed by atoms with Gasteiger partial charge in [-0.25, -0.2) is 4.90 Å². The minimum absolute atomic E-state index is 0.130. The van der Waals surface area contributed by atoms with Crippen molar-refractivity contribution in [3.05, 3.63) is 54.1 Å².